The third-order valence-corrected chi connectivity index (χ3v) is 3.38. The molecule has 8 heteroatoms. The Labute approximate surface area is 115 Å². The number of amides is 4. The molecule has 20 heavy (non-hydrogen) atoms. The van der Waals surface area contributed by atoms with Gasteiger partial charge in [0.05, 0.1) is 6.54 Å². The van der Waals surface area contributed by atoms with Crippen LogP contribution in [0.15, 0.2) is 16.5 Å². The first-order valence-corrected chi connectivity index (χ1v) is 6.15. The number of nitrogens with one attached hydrogen (secondary N) is 2. The fourth-order valence-electron chi connectivity index (χ4n) is 1.94. The molecule has 4 amide bonds. The lowest BCUT2D eigenvalue weighted by Gasteiger charge is -2.18. The number of urea groups is 1. The van der Waals surface area contributed by atoms with Crippen LogP contribution in [0.2, 0.25) is 0 Å². The van der Waals surface area contributed by atoms with Gasteiger partial charge in [-0.2, -0.15) is 0 Å². The van der Waals surface area contributed by atoms with Gasteiger partial charge in [0.25, 0.3) is 5.91 Å². The minimum absolute atomic E-state index is 0.0211. The standard InChI is InChI=1S/C12H16N4O4/c1-3-12(2)10(18)16(11(19)14-12)6-7-4-5-8(20-7)9(17)15-13/h4-5H,3,6,13H2,1-2H3,(H,14,19)(H,15,17). The van der Waals surface area contributed by atoms with Crippen molar-refractivity contribution in [2.45, 2.75) is 32.4 Å². The fourth-order valence-corrected chi connectivity index (χ4v) is 1.94. The molecule has 0 spiro atoms. The number of carbonyl (C=O) groups excluding carboxylic acids is 3. The van der Waals surface area contributed by atoms with E-state index in [4.69, 9.17) is 10.3 Å². The second-order valence-electron chi connectivity index (χ2n) is 4.75. The Hall–Kier alpha value is -2.35. The molecule has 1 fully saturated rings. The molecule has 1 aliphatic rings. The Kier molecular flexibility index (Phi) is 3.49. The Bertz CT molecular complexity index is 568. The van der Waals surface area contributed by atoms with E-state index in [1.54, 1.807) is 6.92 Å². The molecule has 1 atom stereocenters. The molecule has 2 rings (SSSR count). The van der Waals surface area contributed by atoms with E-state index in [-0.39, 0.29) is 18.2 Å². The van der Waals surface area contributed by atoms with Crippen molar-refractivity contribution in [3.05, 3.63) is 23.7 Å². The van der Waals surface area contributed by atoms with Crippen molar-refractivity contribution >= 4 is 17.8 Å². The molecule has 1 aromatic heterocycles. The molecule has 1 saturated heterocycles. The molecule has 1 unspecified atom stereocenters. The quantitative estimate of drug-likeness (QED) is 0.313. The van der Waals surface area contributed by atoms with Crippen molar-refractivity contribution < 1.29 is 18.8 Å². The highest BCUT2D eigenvalue weighted by molar-refractivity contribution is 6.06. The lowest BCUT2D eigenvalue weighted by atomic mass is 9.99. The maximum Gasteiger partial charge on any atom is 0.325 e. The van der Waals surface area contributed by atoms with Gasteiger partial charge in [-0.15, -0.1) is 0 Å². The van der Waals surface area contributed by atoms with E-state index in [1.165, 1.54) is 12.1 Å². The topological polar surface area (TPSA) is 118 Å². The molecule has 0 radical (unpaired) electrons. The van der Waals surface area contributed by atoms with E-state index >= 15 is 0 Å². The summed E-state index contributed by atoms with van der Waals surface area (Å²) in [7, 11) is 0. The van der Waals surface area contributed by atoms with E-state index < -0.39 is 17.5 Å². The van der Waals surface area contributed by atoms with Crippen LogP contribution in [0.3, 0.4) is 0 Å². The van der Waals surface area contributed by atoms with Crippen molar-refractivity contribution in [1.82, 2.24) is 15.6 Å². The highest BCUT2D eigenvalue weighted by atomic mass is 16.4. The second-order valence-corrected chi connectivity index (χ2v) is 4.75. The number of imide groups is 1. The maximum atomic E-state index is 12.2. The number of hydrogen-bond acceptors (Lipinski definition) is 5. The number of nitrogens with zero attached hydrogens (tertiary/aromatic N) is 1. The van der Waals surface area contributed by atoms with Crippen LogP contribution < -0.4 is 16.6 Å². The minimum atomic E-state index is -0.888. The maximum absolute atomic E-state index is 12.2. The molecule has 0 aliphatic carbocycles. The summed E-state index contributed by atoms with van der Waals surface area (Å²) >= 11 is 0. The van der Waals surface area contributed by atoms with E-state index in [1.807, 2.05) is 12.3 Å². The molecule has 1 aromatic rings. The summed E-state index contributed by atoms with van der Waals surface area (Å²) in [5, 5.41) is 2.64. The number of rotatable bonds is 4. The average Bonchev–Trinajstić information content (AvgIpc) is 2.98. The van der Waals surface area contributed by atoms with Crippen LogP contribution in [-0.2, 0) is 11.3 Å². The van der Waals surface area contributed by atoms with Crippen LogP contribution in [0, 0.1) is 0 Å². The normalized spacial score (nSPS) is 22.1. The van der Waals surface area contributed by atoms with Crippen molar-refractivity contribution in [3.8, 4) is 0 Å². The highest BCUT2D eigenvalue weighted by Crippen LogP contribution is 2.23. The van der Waals surface area contributed by atoms with Crippen molar-refractivity contribution in [3.63, 3.8) is 0 Å². The lowest BCUT2D eigenvalue weighted by molar-refractivity contribution is -0.131. The van der Waals surface area contributed by atoms with Crippen molar-refractivity contribution in [2.24, 2.45) is 5.84 Å². The number of carbonyl (C=O) groups is 3. The summed E-state index contributed by atoms with van der Waals surface area (Å²) < 4.78 is 5.23. The van der Waals surface area contributed by atoms with Gasteiger partial charge in [0, 0.05) is 0 Å². The minimum Gasteiger partial charge on any atom is -0.454 e. The van der Waals surface area contributed by atoms with E-state index in [0.717, 1.165) is 4.90 Å². The van der Waals surface area contributed by atoms with Gasteiger partial charge in [0.2, 0.25) is 0 Å². The molecular weight excluding hydrogens is 264 g/mol. The van der Waals surface area contributed by atoms with E-state index in [9.17, 15) is 14.4 Å². The van der Waals surface area contributed by atoms with Gasteiger partial charge in [0.15, 0.2) is 5.76 Å². The summed E-state index contributed by atoms with van der Waals surface area (Å²) in [5.74, 6) is 4.44. The monoisotopic (exact) mass is 280 g/mol. The summed E-state index contributed by atoms with van der Waals surface area (Å²) in [5.41, 5.74) is 1.05. The Morgan fingerprint density at radius 3 is 2.75 bits per heavy atom. The van der Waals surface area contributed by atoms with E-state index in [0.29, 0.717) is 12.2 Å². The predicted molar refractivity (Wildman–Crippen MR) is 68.1 cm³/mol. The second kappa shape index (κ2) is 4.97. The largest absolute Gasteiger partial charge is 0.454 e. The summed E-state index contributed by atoms with van der Waals surface area (Å²) in [6.45, 7) is 3.46. The number of hydrazine groups is 1. The zero-order valence-corrected chi connectivity index (χ0v) is 11.2. The third-order valence-electron chi connectivity index (χ3n) is 3.38. The van der Waals surface area contributed by atoms with Gasteiger partial charge in [-0.25, -0.2) is 10.6 Å². The van der Waals surface area contributed by atoms with Gasteiger partial charge in [-0.05, 0) is 25.5 Å². The summed E-state index contributed by atoms with van der Waals surface area (Å²) in [4.78, 5) is 36.3. The van der Waals surface area contributed by atoms with Crippen LogP contribution in [-0.4, -0.2) is 28.3 Å². The third kappa shape index (κ3) is 2.25. The summed E-state index contributed by atoms with van der Waals surface area (Å²) in [6, 6.07) is 2.47. The summed E-state index contributed by atoms with van der Waals surface area (Å²) in [6.07, 6.45) is 0.493. The molecule has 2 heterocycles. The van der Waals surface area contributed by atoms with E-state index in [2.05, 4.69) is 5.32 Å². The first-order chi connectivity index (χ1) is 9.41. The van der Waals surface area contributed by atoms with Gasteiger partial charge < -0.3 is 9.73 Å². The molecular formula is C12H16N4O4. The molecule has 0 bridgehead atoms. The number of hydrogen-bond donors (Lipinski definition) is 3. The Balaban J connectivity index is 2.14. The van der Waals surface area contributed by atoms with Crippen LogP contribution >= 0.6 is 0 Å². The van der Waals surface area contributed by atoms with Crippen molar-refractivity contribution in [1.29, 1.82) is 0 Å². The first-order valence-electron chi connectivity index (χ1n) is 6.15. The van der Waals surface area contributed by atoms with Crippen LogP contribution in [0.5, 0.6) is 0 Å². The molecule has 4 N–H and O–H groups in total. The van der Waals surface area contributed by atoms with Crippen LogP contribution in [0.4, 0.5) is 4.79 Å². The zero-order chi connectivity index (χ0) is 14.9. The number of nitrogens with two attached hydrogens (primary N) is 1. The fraction of sp³-hybridized carbons (Fsp3) is 0.417. The molecule has 0 saturated carbocycles. The van der Waals surface area contributed by atoms with Crippen LogP contribution in [0.25, 0.3) is 0 Å². The van der Waals surface area contributed by atoms with Crippen molar-refractivity contribution in [2.75, 3.05) is 0 Å². The molecule has 0 aromatic carbocycles. The number of furan rings is 1. The molecule has 1 aliphatic heterocycles. The van der Waals surface area contributed by atoms with Gasteiger partial charge in [-0.1, -0.05) is 6.92 Å². The highest BCUT2D eigenvalue weighted by Gasteiger charge is 2.46. The Morgan fingerprint density at radius 2 is 2.20 bits per heavy atom. The Morgan fingerprint density at radius 1 is 1.50 bits per heavy atom. The number of nitrogen functional groups attached to an aromatic ring is 1. The lowest BCUT2D eigenvalue weighted by Crippen LogP contribution is -2.43. The zero-order valence-electron chi connectivity index (χ0n) is 11.2. The molecule has 108 valence electrons. The average molecular weight is 280 g/mol. The van der Waals surface area contributed by atoms with Gasteiger partial charge in [0.1, 0.15) is 11.3 Å². The van der Waals surface area contributed by atoms with Gasteiger partial charge >= 0.3 is 11.9 Å². The SMILES string of the molecule is CCC1(C)NC(=O)N(Cc2ccc(C(=O)NN)o2)C1=O. The molecule has 8 nitrogen and oxygen atoms in total. The van der Waals surface area contributed by atoms with Gasteiger partial charge in [-0.3, -0.25) is 19.9 Å². The first kappa shape index (κ1) is 14.1. The predicted octanol–water partition coefficient (Wildman–Crippen LogP) is 0.104. The smallest absolute Gasteiger partial charge is 0.325 e. The van der Waals surface area contributed by atoms with Crippen LogP contribution in [0.1, 0.15) is 36.6 Å².